The minimum absolute atomic E-state index is 0.121. The zero-order chi connectivity index (χ0) is 11.4. The molecule has 7 heteroatoms. The average Bonchev–Trinajstić information content (AvgIpc) is 2.16. The average molecular weight is 268 g/mol. The molecule has 0 fully saturated rings. The molecular formula is C8H7Cl2NO3S. The Labute approximate surface area is 102 Å². The minimum Gasteiger partial charge on any atom is -0.490 e. The molecule has 0 amide bonds. The first-order valence-corrected chi connectivity index (χ1v) is 5.32. The highest BCUT2D eigenvalue weighted by atomic mass is 35.5. The fourth-order valence-corrected chi connectivity index (χ4v) is 1.61. The first-order valence-electron chi connectivity index (χ1n) is 3.93. The number of nitro groups is 1. The Balaban J connectivity index is 3.04. The van der Waals surface area contributed by atoms with Crippen molar-refractivity contribution in [3.63, 3.8) is 0 Å². The molecule has 82 valence electrons. The van der Waals surface area contributed by atoms with Gasteiger partial charge in [-0.25, -0.2) is 0 Å². The molecule has 0 saturated carbocycles. The van der Waals surface area contributed by atoms with E-state index in [4.69, 9.17) is 27.9 Å². The number of non-ortho nitro benzene ring substituents is 1. The molecule has 0 aromatic heterocycles. The third-order valence-electron chi connectivity index (χ3n) is 1.53. The number of rotatable bonds is 4. The van der Waals surface area contributed by atoms with E-state index in [1.54, 1.807) is 0 Å². The molecule has 1 aromatic rings. The Bertz CT molecular complexity index is 363. The van der Waals surface area contributed by atoms with Gasteiger partial charge >= 0.3 is 0 Å². The van der Waals surface area contributed by atoms with Crippen LogP contribution < -0.4 is 4.74 Å². The number of nitro benzene ring substituents is 1. The standard InChI is InChI=1S/C8H7Cl2NO3S/c9-6-3-5(11(12)13)4-7(10)8(6)14-1-2-15/h3-4,15H,1-2H2. The van der Waals surface area contributed by atoms with Crippen molar-refractivity contribution in [2.75, 3.05) is 12.4 Å². The number of benzene rings is 1. The van der Waals surface area contributed by atoms with Crippen molar-refractivity contribution in [2.24, 2.45) is 0 Å². The van der Waals surface area contributed by atoms with E-state index >= 15 is 0 Å². The molecule has 15 heavy (non-hydrogen) atoms. The second-order valence-corrected chi connectivity index (χ2v) is 3.83. The maximum absolute atomic E-state index is 10.5. The largest absolute Gasteiger partial charge is 0.490 e. The van der Waals surface area contributed by atoms with Crippen LogP contribution >= 0.6 is 35.8 Å². The summed E-state index contributed by atoms with van der Waals surface area (Å²) in [5.41, 5.74) is -0.164. The van der Waals surface area contributed by atoms with Crippen LogP contribution in [0.2, 0.25) is 10.0 Å². The lowest BCUT2D eigenvalue weighted by atomic mass is 10.3. The highest BCUT2D eigenvalue weighted by Crippen LogP contribution is 2.36. The van der Waals surface area contributed by atoms with Crippen molar-refractivity contribution in [1.82, 2.24) is 0 Å². The summed E-state index contributed by atoms with van der Waals surface area (Å²) in [4.78, 5) is 9.90. The Hall–Kier alpha value is -0.650. The zero-order valence-electron chi connectivity index (χ0n) is 7.44. The molecule has 0 saturated heterocycles. The van der Waals surface area contributed by atoms with E-state index in [0.29, 0.717) is 12.4 Å². The predicted molar refractivity (Wildman–Crippen MR) is 62.5 cm³/mol. The van der Waals surface area contributed by atoms with E-state index in [1.165, 1.54) is 12.1 Å². The van der Waals surface area contributed by atoms with Gasteiger partial charge in [-0.15, -0.1) is 0 Å². The molecular weight excluding hydrogens is 261 g/mol. The van der Waals surface area contributed by atoms with E-state index in [2.05, 4.69) is 12.6 Å². The van der Waals surface area contributed by atoms with Crippen molar-refractivity contribution in [2.45, 2.75) is 0 Å². The van der Waals surface area contributed by atoms with Gasteiger partial charge in [0.1, 0.15) is 0 Å². The van der Waals surface area contributed by atoms with Gasteiger partial charge in [-0.3, -0.25) is 10.1 Å². The second-order valence-electron chi connectivity index (χ2n) is 2.57. The third-order valence-corrected chi connectivity index (χ3v) is 2.28. The fourth-order valence-electron chi connectivity index (χ4n) is 0.938. The topological polar surface area (TPSA) is 52.4 Å². The molecule has 0 aliphatic carbocycles. The minimum atomic E-state index is -0.569. The van der Waals surface area contributed by atoms with Crippen LogP contribution in [0.4, 0.5) is 5.69 Å². The molecule has 4 nitrogen and oxygen atoms in total. The Morgan fingerprint density at radius 1 is 1.40 bits per heavy atom. The Morgan fingerprint density at radius 3 is 2.33 bits per heavy atom. The van der Waals surface area contributed by atoms with Gasteiger partial charge in [-0.1, -0.05) is 23.2 Å². The van der Waals surface area contributed by atoms with E-state index in [1.807, 2.05) is 0 Å². The van der Waals surface area contributed by atoms with Crippen molar-refractivity contribution in [1.29, 1.82) is 0 Å². The lowest BCUT2D eigenvalue weighted by Gasteiger charge is -2.08. The summed E-state index contributed by atoms with van der Waals surface area (Å²) in [6.45, 7) is 0.334. The molecule has 0 N–H and O–H groups in total. The molecule has 0 bridgehead atoms. The van der Waals surface area contributed by atoms with Crippen molar-refractivity contribution < 1.29 is 9.66 Å². The van der Waals surface area contributed by atoms with Crippen molar-refractivity contribution in [3.05, 3.63) is 32.3 Å². The number of nitrogens with zero attached hydrogens (tertiary/aromatic N) is 1. The number of halogens is 2. The third kappa shape index (κ3) is 3.15. The highest BCUT2D eigenvalue weighted by Gasteiger charge is 2.15. The molecule has 0 aliphatic heterocycles. The van der Waals surface area contributed by atoms with Gasteiger partial charge < -0.3 is 4.74 Å². The van der Waals surface area contributed by atoms with Gasteiger partial charge in [0.15, 0.2) is 5.75 Å². The van der Waals surface area contributed by atoms with Crippen molar-refractivity contribution in [3.8, 4) is 5.75 Å². The molecule has 0 atom stereocenters. The summed E-state index contributed by atoms with van der Waals surface area (Å²) in [6, 6.07) is 2.39. The predicted octanol–water partition coefficient (Wildman–Crippen LogP) is 3.21. The van der Waals surface area contributed by atoms with Crippen LogP contribution in [0.5, 0.6) is 5.75 Å². The number of hydrogen-bond donors (Lipinski definition) is 1. The molecule has 0 radical (unpaired) electrons. The Kier molecular flexibility index (Phi) is 4.50. The zero-order valence-corrected chi connectivity index (χ0v) is 9.85. The lowest BCUT2D eigenvalue weighted by molar-refractivity contribution is -0.384. The van der Waals surface area contributed by atoms with Crippen LogP contribution in [-0.2, 0) is 0 Å². The van der Waals surface area contributed by atoms with E-state index in [-0.39, 0.29) is 21.5 Å². The normalized spacial score (nSPS) is 10.1. The summed E-state index contributed by atoms with van der Waals surface area (Å²) in [6.07, 6.45) is 0. The van der Waals surface area contributed by atoms with Gasteiger partial charge in [0.2, 0.25) is 0 Å². The van der Waals surface area contributed by atoms with E-state index in [9.17, 15) is 10.1 Å². The quantitative estimate of drug-likeness (QED) is 0.518. The molecule has 1 rings (SSSR count). The van der Waals surface area contributed by atoms with Crippen LogP contribution in [0.1, 0.15) is 0 Å². The summed E-state index contributed by atoms with van der Waals surface area (Å²) in [7, 11) is 0. The maximum Gasteiger partial charge on any atom is 0.272 e. The van der Waals surface area contributed by atoms with Gasteiger partial charge in [0.05, 0.1) is 21.6 Å². The summed E-state index contributed by atoms with van der Waals surface area (Å²) < 4.78 is 5.19. The number of hydrogen-bond acceptors (Lipinski definition) is 4. The maximum atomic E-state index is 10.5. The highest BCUT2D eigenvalue weighted by molar-refractivity contribution is 7.80. The molecule has 0 heterocycles. The monoisotopic (exact) mass is 267 g/mol. The molecule has 1 aromatic carbocycles. The van der Waals surface area contributed by atoms with Gasteiger partial charge in [0.25, 0.3) is 5.69 Å². The fraction of sp³-hybridized carbons (Fsp3) is 0.250. The number of ether oxygens (including phenoxy) is 1. The Morgan fingerprint density at radius 2 is 1.93 bits per heavy atom. The molecule has 0 aliphatic rings. The molecule has 0 spiro atoms. The summed E-state index contributed by atoms with van der Waals surface area (Å²) >= 11 is 15.5. The van der Waals surface area contributed by atoms with Crippen LogP contribution in [0.15, 0.2) is 12.1 Å². The molecule has 0 unspecified atom stereocenters. The summed E-state index contributed by atoms with van der Waals surface area (Å²) in [5.74, 6) is 0.752. The first-order chi connectivity index (χ1) is 7.06. The van der Waals surface area contributed by atoms with Gasteiger partial charge in [0, 0.05) is 17.9 Å². The first kappa shape index (κ1) is 12.4. The second kappa shape index (κ2) is 5.44. The van der Waals surface area contributed by atoms with Gasteiger partial charge in [-0.05, 0) is 0 Å². The van der Waals surface area contributed by atoms with Crippen molar-refractivity contribution >= 4 is 41.5 Å². The van der Waals surface area contributed by atoms with E-state index < -0.39 is 4.92 Å². The SMILES string of the molecule is O=[N+]([O-])c1cc(Cl)c(OCCS)c(Cl)c1. The van der Waals surface area contributed by atoms with Crippen LogP contribution in [0, 0.1) is 10.1 Å². The summed E-state index contributed by atoms with van der Waals surface area (Å²) in [5, 5.41) is 10.7. The van der Waals surface area contributed by atoms with E-state index in [0.717, 1.165) is 0 Å². The number of thiol groups is 1. The van der Waals surface area contributed by atoms with Crippen LogP contribution in [0.3, 0.4) is 0 Å². The van der Waals surface area contributed by atoms with Gasteiger partial charge in [-0.2, -0.15) is 12.6 Å². The van der Waals surface area contributed by atoms with Crippen LogP contribution in [-0.4, -0.2) is 17.3 Å². The lowest BCUT2D eigenvalue weighted by Crippen LogP contribution is -2.00. The smallest absolute Gasteiger partial charge is 0.272 e. The van der Waals surface area contributed by atoms with Crippen LogP contribution in [0.25, 0.3) is 0 Å².